The number of piperidine rings is 1. The van der Waals surface area contributed by atoms with Crippen molar-refractivity contribution in [2.24, 2.45) is 10.4 Å². The van der Waals surface area contributed by atoms with E-state index in [1.54, 1.807) is 0 Å². The van der Waals surface area contributed by atoms with Crippen LogP contribution < -0.4 is 5.32 Å². The fourth-order valence-corrected chi connectivity index (χ4v) is 5.24. The van der Waals surface area contributed by atoms with E-state index in [9.17, 15) is 0 Å². The maximum atomic E-state index is 4.82. The molecule has 1 saturated carbocycles. The lowest BCUT2D eigenvalue weighted by atomic mass is 9.89. The van der Waals surface area contributed by atoms with Gasteiger partial charge < -0.3 is 10.2 Å². The lowest BCUT2D eigenvalue weighted by Gasteiger charge is -2.33. The van der Waals surface area contributed by atoms with Gasteiger partial charge in [0.2, 0.25) is 0 Å². The Morgan fingerprint density at radius 2 is 2.14 bits per heavy atom. The number of thioether (sulfide) groups is 1. The van der Waals surface area contributed by atoms with Crippen molar-refractivity contribution < 1.29 is 0 Å². The molecule has 1 N–H and O–H groups in total. The van der Waals surface area contributed by atoms with Crippen LogP contribution in [0.5, 0.6) is 0 Å². The summed E-state index contributed by atoms with van der Waals surface area (Å²) >= 11 is 1.97. The van der Waals surface area contributed by atoms with E-state index in [0.29, 0.717) is 5.41 Å². The molecule has 1 unspecified atom stereocenters. The fraction of sp³-hybridized carbons (Fsp3) is 0.941. The van der Waals surface area contributed by atoms with Gasteiger partial charge in [0, 0.05) is 31.4 Å². The standard InChI is InChI=1S/C17H31N3S/c1-15-7-2-5-11-20(15)12-6-10-18-16-19-13-17(14-21-16)8-3-4-9-17/h15H,2-14H2,1H3,(H,18,19). The first-order chi connectivity index (χ1) is 10.3. The van der Waals surface area contributed by atoms with Crippen molar-refractivity contribution >= 4 is 16.9 Å². The van der Waals surface area contributed by atoms with Gasteiger partial charge in [0.15, 0.2) is 5.17 Å². The highest BCUT2D eigenvalue weighted by Crippen LogP contribution is 2.43. The zero-order valence-electron chi connectivity index (χ0n) is 13.6. The van der Waals surface area contributed by atoms with Gasteiger partial charge in [-0.05, 0) is 51.0 Å². The topological polar surface area (TPSA) is 27.6 Å². The summed E-state index contributed by atoms with van der Waals surface area (Å²) in [6.45, 7) is 7.09. The van der Waals surface area contributed by atoms with Gasteiger partial charge in [-0.1, -0.05) is 31.0 Å². The minimum absolute atomic E-state index is 0.569. The average Bonchev–Trinajstić information content (AvgIpc) is 2.96. The van der Waals surface area contributed by atoms with E-state index >= 15 is 0 Å². The van der Waals surface area contributed by atoms with Crippen molar-refractivity contribution in [2.45, 2.75) is 64.3 Å². The van der Waals surface area contributed by atoms with Gasteiger partial charge in [-0.2, -0.15) is 0 Å². The van der Waals surface area contributed by atoms with Crippen LogP contribution in [0.3, 0.4) is 0 Å². The highest BCUT2D eigenvalue weighted by Gasteiger charge is 2.36. The molecule has 0 radical (unpaired) electrons. The zero-order chi connectivity index (χ0) is 14.5. The van der Waals surface area contributed by atoms with Crippen molar-refractivity contribution in [3.05, 3.63) is 0 Å². The summed E-state index contributed by atoms with van der Waals surface area (Å²) in [4.78, 5) is 7.48. The first kappa shape index (κ1) is 15.7. The number of hydrogen-bond acceptors (Lipinski definition) is 4. The van der Waals surface area contributed by atoms with E-state index in [0.717, 1.165) is 19.1 Å². The summed E-state index contributed by atoms with van der Waals surface area (Å²) in [7, 11) is 0. The smallest absolute Gasteiger partial charge is 0.156 e. The Morgan fingerprint density at radius 1 is 1.29 bits per heavy atom. The van der Waals surface area contributed by atoms with Crippen molar-refractivity contribution in [3.63, 3.8) is 0 Å². The maximum Gasteiger partial charge on any atom is 0.156 e. The molecule has 3 aliphatic rings. The molecule has 1 atom stereocenters. The Labute approximate surface area is 134 Å². The minimum atomic E-state index is 0.569. The molecule has 1 saturated heterocycles. The van der Waals surface area contributed by atoms with Crippen molar-refractivity contribution in [3.8, 4) is 0 Å². The highest BCUT2D eigenvalue weighted by atomic mass is 32.2. The second kappa shape index (κ2) is 7.36. The number of aliphatic imine (C=N–C) groups is 1. The van der Waals surface area contributed by atoms with Crippen LogP contribution in [0.2, 0.25) is 0 Å². The maximum absolute atomic E-state index is 4.82. The van der Waals surface area contributed by atoms with Crippen LogP contribution in [0.4, 0.5) is 0 Å². The molecule has 2 heterocycles. The molecule has 0 aromatic heterocycles. The first-order valence-electron chi connectivity index (χ1n) is 8.93. The summed E-state index contributed by atoms with van der Waals surface area (Å²) in [6, 6.07) is 0.794. The molecule has 4 heteroatoms. The summed E-state index contributed by atoms with van der Waals surface area (Å²) in [5, 5.41) is 4.78. The van der Waals surface area contributed by atoms with Crippen LogP contribution in [-0.2, 0) is 0 Å². The van der Waals surface area contributed by atoms with Gasteiger partial charge >= 0.3 is 0 Å². The normalized spacial score (nSPS) is 29.6. The Morgan fingerprint density at radius 3 is 2.86 bits per heavy atom. The molecule has 120 valence electrons. The monoisotopic (exact) mass is 309 g/mol. The first-order valence-corrected chi connectivity index (χ1v) is 9.91. The van der Waals surface area contributed by atoms with Crippen LogP contribution >= 0.6 is 11.8 Å². The molecule has 21 heavy (non-hydrogen) atoms. The van der Waals surface area contributed by atoms with Crippen LogP contribution in [0.25, 0.3) is 0 Å². The van der Waals surface area contributed by atoms with Crippen LogP contribution in [0, 0.1) is 5.41 Å². The molecule has 0 amide bonds. The predicted molar refractivity (Wildman–Crippen MR) is 93.2 cm³/mol. The van der Waals surface area contributed by atoms with Crippen molar-refractivity contribution in [1.29, 1.82) is 0 Å². The van der Waals surface area contributed by atoms with E-state index in [2.05, 4.69) is 17.1 Å². The van der Waals surface area contributed by atoms with Gasteiger partial charge in [-0.3, -0.25) is 4.99 Å². The molecule has 2 aliphatic heterocycles. The molecule has 0 aromatic carbocycles. The third-order valence-electron chi connectivity index (χ3n) is 5.58. The molecule has 3 rings (SSSR count). The highest BCUT2D eigenvalue weighted by molar-refractivity contribution is 8.13. The summed E-state index contributed by atoms with van der Waals surface area (Å²) in [6.07, 6.45) is 11.1. The number of hydrogen-bond donors (Lipinski definition) is 1. The van der Waals surface area contributed by atoms with Gasteiger partial charge in [0.25, 0.3) is 0 Å². The van der Waals surface area contributed by atoms with Gasteiger partial charge in [0.05, 0.1) is 0 Å². The van der Waals surface area contributed by atoms with Gasteiger partial charge in [0.1, 0.15) is 0 Å². The summed E-state index contributed by atoms with van der Waals surface area (Å²) in [5.41, 5.74) is 0.569. The molecule has 2 fully saturated rings. The summed E-state index contributed by atoms with van der Waals surface area (Å²) < 4.78 is 0. The lowest BCUT2D eigenvalue weighted by molar-refractivity contribution is 0.159. The van der Waals surface area contributed by atoms with E-state index in [1.165, 1.54) is 75.4 Å². The van der Waals surface area contributed by atoms with Gasteiger partial charge in [-0.15, -0.1) is 0 Å². The molecule has 1 spiro atoms. The number of likely N-dealkylation sites (tertiary alicyclic amines) is 1. The lowest BCUT2D eigenvalue weighted by Crippen LogP contribution is -2.39. The van der Waals surface area contributed by atoms with Gasteiger partial charge in [-0.25, -0.2) is 0 Å². The third kappa shape index (κ3) is 4.16. The molecule has 1 aliphatic carbocycles. The average molecular weight is 310 g/mol. The Hall–Kier alpha value is -0.220. The number of amidine groups is 1. The van der Waals surface area contributed by atoms with Crippen LogP contribution in [0.15, 0.2) is 4.99 Å². The number of nitrogens with one attached hydrogen (secondary N) is 1. The van der Waals surface area contributed by atoms with Crippen LogP contribution in [0.1, 0.15) is 58.3 Å². The van der Waals surface area contributed by atoms with E-state index in [-0.39, 0.29) is 0 Å². The van der Waals surface area contributed by atoms with E-state index in [1.807, 2.05) is 11.8 Å². The fourth-order valence-electron chi connectivity index (χ4n) is 4.05. The SMILES string of the molecule is CC1CCCCN1CCCNC1=NCC2(CCCC2)CS1. The third-order valence-corrected chi connectivity index (χ3v) is 6.88. The van der Waals surface area contributed by atoms with E-state index < -0.39 is 0 Å². The molecule has 0 aromatic rings. The van der Waals surface area contributed by atoms with E-state index in [4.69, 9.17) is 4.99 Å². The minimum Gasteiger partial charge on any atom is -0.365 e. The number of rotatable bonds is 4. The largest absolute Gasteiger partial charge is 0.365 e. The second-order valence-corrected chi connectivity index (χ2v) is 8.24. The Balaban J connectivity index is 1.33. The second-order valence-electron chi connectivity index (χ2n) is 7.28. The van der Waals surface area contributed by atoms with Crippen LogP contribution in [-0.4, -0.2) is 48.0 Å². The van der Waals surface area contributed by atoms with Crippen molar-refractivity contribution in [1.82, 2.24) is 10.2 Å². The molecular weight excluding hydrogens is 278 g/mol. The Bertz CT molecular complexity index is 363. The zero-order valence-corrected chi connectivity index (χ0v) is 14.4. The quantitative estimate of drug-likeness (QED) is 0.805. The Kier molecular flexibility index (Phi) is 5.49. The molecular formula is C17H31N3S. The predicted octanol–water partition coefficient (Wildman–Crippen LogP) is 3.50. The number of nitrogens with zero attached hydrogens (tertiary/aromatic N) is 2. The molecule has 0 bridgehead atoms. The van der Waals surface area contributed by atoms with Crippen molar-refractivity contribution in [2.75, 3.05) is 31.9 Å². The molecule has 3 nitrogen and oxygen atoms in total. The summed E-state index contributed by atoms with van der Waals surface area (Å²) in [5.74, 6) is 1.29.